The van der Waals surface area contributed by atoms with E-state index in [9.17, 15) is 26.4 Å². The maximum absolute atomic E-state index is 12.1. The molecule has 6 nitrogen and oxygen atoms in total. The Hall–Kier alpha value is -1.97. The standard InChI is InChI=1S/C9H7F3O6S/c1-17-6-2-5(8(13)14)3-7(4-6)18-19(15,16)9(10,11)12/h2-4H,1H3,(H,13,14). The molecule has 19 heavy (non-hydrogen) atoms. The number of methoxy groups -OCH3 is 1. The second-order valence-electron chi connectivity index (χ2n) is 3.19. The molecule has 10 heteroatoms. The monoisotopic (exact) mass is 300 g/mol. The van der Waals surface area contributed by atoms with Crippen molar-refractivity contribution in [2.75, 3.05) is 7.11 Å². The Morgan fingerprint density at radius 3 is 2.16 bits per heavy atom. The molecule has 0 spiro atoms. The first kappa shape index (κ1) is 15.1. The van der Waals surface area contributed by atoms with Gasteiger partial charge in [-0.2, -0.15) is 21.6 Å². The molecule has 0 atom stereocenters. The first-order chi connectivity index (χ1) is 8.56. The lowest BCUT2D eigenvalue weighted by Gasteiger charge is -2.11. The van der Waals surface area contributed by atoms with Crippen LogP contribution in [0.1, 0.15) is 10.4 Å². The summed E-state index contributed by atoms with van der Waals surface area (Å²) in [6.07, 6.45) is 0. The first-order valence-corrected chi connectivity index (χ1v) is 5.91. The highest BCUT2D eigenvalue weighted by molar-refractivity contribution is 7.88. The number of carboxylic acids is 1. The molecule has 0 aliphatic rings. The number of aromatic carboxylic acids is 1. The van der Waals surface area contributed by atoms with E-state index in [1.165, 1.54) is 0 Å². The molecule has 0 radical (unpaired) electrons. The van der Waals surface area contributed by atoms with Gasteiger partial charge in [-0.3, -0.25) is 0 Å². The molecule has 1 aromatic carbocycles. The summed E-state index contributed by atoms with van der Waals surface area (Å²) in [4.78, 5) is 10.7. The van der Waals surface area contributed by atoms with Crippen LogP contribution in [0.3, 0.4) is 0 Å². The number of carboxylic acid groups (broad SMARTS) is 1. The molecule has 0 aliphatic heterocycles. The van der Waals surface area contributed by atoms with Crippen LogP contribution in [-0.4, -0.2) is 32.1 Å². The van der Waals surface area contributed by atoms with Crippen LogP contribution >= 0.6 is 0 Å². The number of hydrogen-bond acceptors (Lipinski definition) is 5. The number of ether oxygens (including phenoxy) is 1. The molecule has 0 heterocycles. The van der Waals surface area contributed by atoms with Gasteiger partial charge in [-0.25, -0.2) is 4.79 Å². The SMILES string of the molecule is COc1cc(OS(=O)(=O)C(F)(F)F)cc(C(=O)O)c1. The van der Waals surface area contributed by atoms with Crippen molar-refractivity contribution >= 4 is 16.1 Å². The van der Waals surface area contributed by atoms with Crippen LogP contribution in [0.2, 0.25) is 0 Å². The van der Waals surface area contributed by atoms with Crippen LogP contribution in [0.25, 0.3) is 0 Å². The molecule has 106 valence electrons. The predicted molar refractivity (Wildman–Crippen MR) is 55.6 cm³/mol. The number of hydrogen-bond donors (Lipinski definition) is 1. The molecule has 1 rings (SSSR count). The van der Waals surface area contributed by atoms with Crippen molar-refractivity contribution in [2.24, 2.45) is 0 Å². The Morgan fingerprint density at radius 2 is 1.74 bits per heavy atom. The lowest BCUT2D eigenvalue weighted by Crippen LogP contribution is -2.28. The number of halogens is 3. The second-order valence-corrected chi connectivity index (χ2v) is 4.72. The predicted octanol–water partition coefficient (Wildman–Crippen LogP) is 1.62. The van der Waals surface area contributed by atoms with Crippen molar-refractivity contribution in [1.29, 1.82) is 0 Å². The lowest BCUT2D eigenvalue weighted by molar-refractivity contribution is -0.0500. The highest BCUT2D eigenvalue weighted by Gasteiger charge is 2.48. The summed E-state index contributed by atoms with van der Waals surface area (Å²) in [6, 6.07) is 2.44. The summed E-state index contributed by atoms with van der Waals surface area (Å²) in [5, 5.41) is 8.70. The molecule has 0 saturated heterocycles. The van der Waals surface area contributed by atoms with E-state index in [0.29, 0.717) is 6.07 Å². The van der Waals surface area contributed by atoms with Crippen LogP contribution in [0.15, 0.2) is 18.2 Å². The number of benzene rings is 1. The highest BCUT2D eigenvalue weighted by Crippen LogP contribution is 2.29. The van der Waals surface area contributed by atoms with E-state index in [0.717, 1.165) is 19.2 Å². The Balaban J connectivity index is 3.22. The van der Waals surface area contributed by atoms with E-state index < -0.39 is 32.9 Å². The topological polar surface area (TPSA) is 89.9 Å². The normalized spacial score (nSPS) is 12.0. The summed E-state index contributed by atoms with van der Waals surface area (Å²) < 4.78 is 66.3. The molecule has 1 aromatic rings. The lowest BCUT2D eigenvalue weighted by atomic mass is 10.2. The summed E-state index contributed by atoms with van der Waals surface area (Å²) in [5.74, 6) is -2.45. The molecule has 0 bridgehead atoms. The van der Waals surface area contributed by atoms with E-state index >= 15 is 0 Å². The number of alkyl halides is 3. The van der Waals surface area contributed by atoms with Gasteiger partial charge < -0.3 is 14.0 Å². The molecule has 0 aliphatic carbocycles. The number of rotatable bonds is 4. The molecular formula is C9H7F3O6S. The fourth-order valence-electron chi connectivity index (χ4n) is 1.04. The van der Waals surface area contributed by atoms with Crippen LogP contribution in [0, 0.1) is 0 Å². The Kier molecular flexibility index (Phi) is 3.94. The van der Waals surface area contributed by atoms with E-state index in [4.69, 9.17) is 5.11 Å². The average Bonchev–Trinajstić information content (AvgIpc) is 2.26. The smallest absolute Gasteiger partial charge is 0.497 e. The molecule has 0 saturated carbocycles. The van der Waals surface area contributed by atoms with Gasteiger partial charge in [-0.05, 0) is 12.1 Å². The Labute approximate surface area is 105 Å². The van der Waals surface area contributed by atoms with Gasteiger partial charge in [0.15, 0.2) is 0 Å². The third kappa shape index (κ3) is 3.50. The molecule has 0 unspecified atom stereocenters. The third-order valence-electron chi connectivity index (χ3n) is 1.85. The fraction of sp³-hybridized carbons (Fsp3) is 0.222. The van der Waals surface area contributed by atoms with Crippen LogP contribution in [0.4, 0.5) is 13.2 Å². The zero-order chi connectivity index (χ0) is 14.8. The Bertz CT molecular complexity index is 592. The zero-order valence-electron chi connectivity index (χ0n) is 9.26. The van der Waals surface area contributed by atoms with Crippen molar-refractivity contribution in [3.8, 4) is 11.5 Å². The minimum absolute atomic E-state index is 0.160. The quantitative estimate of drug-likeness (QED) is 0.671. The molecule has 0 fully saturated rings. The summed E-state index contributed by atoms with van der Waals surface area (Å²) in [6.45, 7) is 0. The van der Waals surface area contributed by atoms with Crippen molar-refractivity contribution in [1.82, 2.24) is 0 Å². The van der Waals surface area contributed by atoms with Gasteiger partial charge in [0.1, 0.15) is 11.5 Å². The summed E-state index contributed by atoms with van der Waals surface area (Å²) in [7, 11) is -4.74. The van der Waals surface area contributed by atoms with Gasteiger partial charge >= 0.3 is 21.6 Å². The van der Waals surface area contributed by atoms with E-state index in [2.05, 4.69) is 8.92 Å². The average molecular weight is 300 g/mol. The van der Waals surface area contributed by atoms with Crippen molar-refractivity contribution in [3.63, 3.8) is 0 Å². The van der Waals surface area contributed by atoms with Crippen molar-refractivity contribution < 1.29 is 40.4 Å². The molecule has 1 N–H and O–H groups in total. The van der Waals surface area contributed by atoms with Gasteiger partial charge in [-0.1, -0.05) is 0 Å². The van der Waals surface area contributed by atoms with Crippen molar-refractivity contribution in [3.05, 3.63) is 23.8 Å². The van der Waals surface area contributed by atoms with E-state index in [1.807, 2.05) is 0 Å². The summed E-state index contributed by atoms with van der Waals surface area (Å²) >= 11 is 0. The second kappa shape index (κ2) is 4.96. The fourth-order valence-corrected chi connectivity index (χ4v) is 1.48. The third-order valence-corrected chi connectivity index (χ3v) is 2.83. The van der Waals surface area contributed by atoms with Gasteiger partial charge in [0, 0.05) is 6.07 Å². The molecule has 0 amide bonds. The van der Waals surface area contributed by atoms with Crippen LogP contribution < -0.4 is 8.92 Å². The largest absolute Gasteiger partial charge is 0.534 e. The maximum Gasteiger partial charge on any atom is 0.534 e. The van der Waals surface area contributed by atoms with Gasteiger partial charge in [0.05, 0.1) is 12.7 Å². The minimum atomic E-state index is -5.87. The maximum atomic E-state index is 12.1. The van der Waals surface area contributed by atoms with Crippen LogP contribution in [0.5, 0.6) is 11.5 Å². The van der Waals surface area contributed by atoms with Gasteiger partial charge in [-0.15, -0.1) is 0 Å². The van der Waals surface area contributed by atoms with Gasteiger partial charge in [0.2, 0.25) is 0 Å². The van der Waals surface area contributed by atoms with E-state index in [1.54, 1.807) is 0 Å². The van der Waals surface area contributed by atoms with E-state index in [-0.39, 0.29) is 5.75 Å². The molecule has 0 aromatic heterocycles. The minimum Gasteiger partial charge on any atom is -0.497 e. The van der Waals surface area contributed by atoms with Crippen LogP contribution in [-0.2, 0) is 10.1 Å². The highest BCUT2D eigenvalue weighted by atomic mass is 32.2. The zero-order valence-corrected chi connectivity index (χ0v) is 10.1. The number of carbonyl (C=O) groups is 1. The summed E-state index contributed by atoms with van der Waals surface area (Å²) in [5.41, 5.74) is -6.09. The first-order valence-electron chi connectivity index (χ1n) is 4.50. The molecular weight excluding hydrogens is 293 g/mol. The Morgan fingerprint density at radius 1 is 1.21 bits per heavy atom. The van der Waals surface area contributed by atoms with Crippen molar-refractivity contribution in [2.45, 2.75) is 5.51 Å². The van der Waals surface area contributed by atoms with Gasteiger partial charge in [0.25, 0.3) is 0 Å².